The molecule has 160 valence electrons. The number of carbonyl (C=O) groups is 3. The Morgan fingerprint density at radius 3 is 2.77 bits per heavy atom. The number of nitrogens with one attached hydrogen (secondary N) is 1. The standard InChI is InChI=1S/C20H22ClN3O5S/c21-15-7-5-14(11-16(15)24(28)29)12-17-19(26)23(20(27)30-17)10-9-22-18(25)8-6-13-3-1-2-4-13/h5,7,11-13H,1-4,6,8-10H2,(H,22,25)/b17-12-. The van der Waals surface area contributed by atoms with Gasteiger partial charge in [-0.3, -0.25) is 29.4 Å². The summed E-state index contributed by atoms with van der Waals surface area (Å²) in [4.78, 5) is 48.3. The summed E-state index contributed by atoms with van der Waals surface area (Å²) in [7, 11) is 0. The van der Waals surface area contributed by atoms with Gasteiger partial charge >= 0.3 is 0 Å². The maximum absolute atomic E-state index is 12.5. The molecule has 1 aliphatic heterocycles. The van der Waals surface area contributed by atoms with Crippen molar-refractivity contribution in [2.24, 2.45) is 5.92 Å². The molecule has 1 saturated heterocycles. The zero-order chi connectivity index (χ0) is 21.7. The van der Waals surface area contributed by atoms with Gasteiger partial charge in [0.1, 0.15) is 5.02 Å². The van der Waals surface area contributed by atoms with Crippen LogP contribution in [0, 0.1) is 16.0 Å². The number of halogens is 1. The Hall–Kier alpha value is -2.39. The number of imide groups is 1. The van der Waals surface area contributed by atoms with Crippen LogP contribution in [-0.2, 0) is 9.59 Å². The molecule has 1 aromatic carbocycles. The van der Waals surface area contributed by atoms with Crippen LogP contribution >= 0.6 is 23.4 Å². The average molecular weight is 452 g/mol. The average Bonchev–Trinajstić information content (AvgIpc) is 3.31. The van der Waals surface area contributed by atoms with E-state index >= 15 is 0 Å². The highest BCUT2D eigenvalue weighted by molar-refractivity contribution is 8.18. The Morgan fingerprint density at radius 2 is 2.07 bits per heavy atom. The lowest BCUT2D eigenvalue weighted by Gasteiger charge is -2.13. The fraction of sp³-hybridized carbons (Fsp3) is 0.450. The number of rotatable bonds is 8. The van der Waals surface area contributed by atoms with E-state index in [2.05, 4.69) is 5.32 Å². The van der Waals surface area contributed by atoms with E-state index in [4.69, 9.17) is 11.6 Å². The van der Waals surface area contributed by atoms with Crippen LogP contribution in [0.15, 0.2) is 23.1 Å². The minimum atomic E-state index is -0.610. The van der Waals surface area contributed by atoms with Gasteiger partial charge in [-0.25, -0.2) is 0 Å². The van der Waals surface area contributed by atoms with Gasteiger partial charge in [0.2, 0.25) is 5.91 Å². The number of nitro groups is 1. The lowest BCUT2D eigenvalue weighted by Crippen LogP contribution is -2.37. The van der Waals surface area contributed by atoms with E-state index in [0.29, 0.717) is 17.9 Å². The fourth-order valence-electron chi connectivity index (χ4n) is 3.63. The van der Waals surface area contributed by atoms with Gasteiger partial charge in [0.15, 0.2) is 0 Å². The zero-order valence-electron chi connectivity index (χ0n) is 16.3. The van der Waals surface area contributed by atoms with Crippen LogP contribution in [0.25, 0.3) is 6.08 Å². The molecule has 3 rings (SSSR count). The number of thioether (sulfide) groups is 1. The van der Waals surface area contributed by atoms with Gasteiger partial charge in [0.25, 0.3) is 16.8 Å². The third-order valence-corrected chi connectivity index (χ3v) is 6.48. The number of benzene rings is 1. The van der Waals surface area contributed by atoms with Crippen LogP contribution in [0.3, 0.4) is 0 Å². The van der Waals surface area contributed by atoms with Crippen molar-refractivity contribution in [2.45, 2.75) is 38.5 Å². The molecule has 1 aliphatic carbocycles. The molecule has 8 nitrogen and oxygen atoms in total. The summed E-state index contributed by atoms with van der Waals surface area (Å²) >= 11 is 6.56. The molecule has 10 heteroatoms. The summed E-state index contributed by atoms with van der Waals surface area (Å²) in [6, 6.07) is 4.16. The van der Waals surface area contributed by atoms with Crippen molar-refractivity contribution < 1.29 is 19.3 Å². The van der Waals surface area contributed by atoms with Gasteiger partial charge in [0.05, 0.1) is 9.83 Å². The van der Waals surface area contributed by atoms with Crippen molar-refractivity contribution in [3.8, 4) is 0 Å². The summed E-state index contributed by atoms with van der Waals surface area (Å²) in [5, 5.41) is 13.3. The van der Waals surface area contributed by atoms with Crippen LogP contribution in [0.2, 0.25) is 5.02 Å². The van der Waals surface area contributed by atoms with Crippen LogP contribution in [0.1, 0.15) is 44.1 Å². The van der Waals surface area contributed by atoms with E-state index in [1.54, 1.807) is 0 Å². The summed E-state index contributed by atoms with van der Waals surface area (Å²) in [5.74, 6) is 0.0750. The second kappa shape index (κ2) is 10.1. The van der Waals surface area contributed by atoms with Gasteiger partial charge in [-0.1, -0.05) is 43.4 Å². The molecule has 0 bridgehead atoms. The van der Waals surface area contributed by atoms with E-state index in [1.807, 2.05) is 0 Å². The Labute approximate surface area is 183 Å². The third-order valence-electron chi connectivity index (χ3n) is 5.25. The van der Waals surface area contributed by atoms with E-state index in [9.17, 15) is 24.5 Å². The first kappa shape index (κ1) is 22.3. The van der Waals surface area contributed by atoms with Crippen LogP contribution < -0.4 is 5.32 Å². The molecule has 1 N–H and O–H groups in total. The first-order chi connectivity index (χ1) is 14.3. The first-order valence-corrected chi connectivity index (χ1v) is 11.0. The number of amides is 3. The van der Waals surface area contributed by atoms with Crippen molar-refractivity contribution in [3.05, 3.63) is 43.8 Å². The molecule has 2 aliphatic rings. The normalized spacial score (nSPS) is 18.4. The highest BCUT2D eigenvalue weighted by atomic mass is 35.5. The molecule has 0 atom stereocenters. The number of nitrogens with zero attached hydrogens (tertiary/aromatic N) is 2. The molecule has 0 unspecified atom stereocenters. The smallest absolute Gasteiger partial charge is 0.293 e. The zero-order valence-corrected chi connectivity index (χ0v) is 17.8. The number of hydrogen-bond donors (Lipinski definition) is 1. The highest BCUT2D eigenvalue weighted by Crippen LogP contribution is 2.33. The summed E-state index contributed by atoms with van der Waals surface area (Å²) in [5.41, 5.74) is 0.127. The monoisotopic (exact) mass is 451 g/mol. The minimum Gasteiger partial charge on any atom is -0.354 e. The Morgan fingerprint density at radius 1 is 1.33 bits per heavy atom. The van der Waals surface area contributed by atoms with E-state index < -0.39 is 16.1 Å². The molecule has 1 heterocycles. The predicted molar refractivity (Wildman–Crippen MR) is 115 cm³/mol. The van der Waals surface area contributed by atoms with E-state index in [-0.39, 0.29) is 34.6 Å². The van der Waals surface area contributed by atoms with Gasteiger partial charge in [-0.2, -0.15) is 0 Å². The van der Waals surface area contributed by atoms with E-state index in [1.165, 1.54) is 50.0 Å². The predicted octanol–water partition coefficient (Wildman–Crippen LogP) is 4.37. The Bertz CT molecular complexity index is 898. The quantitative estimate of drug-likeness (QED) is 0.357. The van der Waals surface area contributed by atoms with Crippen LogP contribution in [0.4, 0.5) is 10.5 Å². The lowest BCUT2D eigenvalue weighted by atomic mass is 10.0. The fourth-order valence-corrected chi connectivity index (χ4v) is 4.68. The van der Waals surface area contributed by atoms with Gasteiger partial charge < -0.3 is 5.32 Å². The summed E-state index contributed by atoms with van der Waals surface area (Å²) in [6.07, 6.45) is 7.62. The first-order valence-electron chi connectivity index (χ1n) is 9.81. The molecule has 0 aromatic heterocycles. The lowest BCUT2D eigenvalue weighted by molar-refractivity contribution is -0.384. The van der Waals surface area contributed by atoms with Gasteiger partial charge in [0, 0.05) is 25.6 Å². The molecule has 0 radical (unpaired) electrons. The maximum atomic E-state index is 12.5. The third kappa shape index (κ3) is 5.60. The van der Waals surface area contributed by atoms with Crippen molar-refractivity contribution >= 4 is 52.2 Å². The maximum Gasteiger partial charge on any atom is 0.293 e. The molecule has 0 spiro atoms. The highest BCUT2D eigenvalue weighted by Gasteiger charge is 2.34. The molecule has 1 aromatic rings. The second-order valence-electron chi connectivity index (χ2n) is 7.34. The minimum absolute atomic E-state index is 0.00562. The second-order valence-corrected chi connectivity index (χ2v) is 8.74. The van der Waals surface area contributed by atoms with Crippen molar-refractivity contribution in [2.75, 3.05) is 13.1 Å². The molecular formula is C20H22ClN3O5S. The molecule has 1 saturated carbocycles. The van der Waals surface area contributed by atoms with Crippen molar-refractivity contribution in [3.63, 3.8) is 0 Å². The summed E-state index contributed by atoms with van der Waals surface area (Å²) < 4.78 is 0. The van der Waals surface area contributed by atoms with Gasteiger partial charge in [-0.15, -0.1) is 0 Å². The van der Waals surface area contributed by atoms with Gasteiger partial charge in [-0.05, 0) is 41.8 Å². The SMILES string of the molecule is O=C(CCC1CCCC1)NCCN1C(=O)S/C(=C\c2ccc(Cl)c([N+](=O)[O-])c2)C1=O. The topological polar surface area (TPSA) is 110 Å². The molecule has 30 heavy (non-hydrogen) atoms. The summed E-state index contributed by atoms with van der Waals surface area (Å²) in [6.45, 7) is 0.277. The van der Waals surface area contributed by atoms with E-state index in [0.717, 1.165) is 23.1 Å². The number of nitro benzene ring substituents is 1. The number of hydrogen-bond acceptors (Lipinski definition) is 6. The largest absolute Gasteiger partial charge is 0.354 e. The van der Waals surface area contributed by atoms with Crippen molar-refractivity contribution in [1.29, 1.82) is 0 Å². The molecule has 2 fully saturated rings. The van der Waals surface area contributed by atoms with Crippen LogP contribution in [-0.4, -0.2) is 40.0 Å². The number of carbonyl (C=O) groups excluding carboxylic acids is 3. The van der Waals surface area contributed by atoms with Crippen molar-refractivity contribution in [1.82, 2.24) is 10.2 Å². The Balaban J connectivity index is 1.53. The Kier molecular flexibility index (Phi) is 7.49. The molecule has 3 amide bonds. The van der Waals surface area contributed by atoms with Crippen LogP contribution in [0.5, 0.6) is 0 Å². The molecular weight excluding hydrogens is 430 g/mol.